The van der Waals surface area contributed by atoms with Gasteiger partial charge in [0.25, 0.3) is 6.47 Å². The summed E-state index contributed by atoms with van der Waals surface area (Å²) in [5.74, 6) is 0. The van der Waals surface area contributed by atoms with E-state index in [9.17, 15) is 4.79 Å². The molecule has 2 rings (SSSR count). The molecule has 0 saturated heterocycles. The van der Waals surface area contributed by atoms with Gasteiger partial charge >= 0.3 is 0 Å². The van der Waals surface area contributed by atoms with Crippen molar-refractivity contribution in [3.63, 3.8) is 0 Å². The van der Waals surface area contributed by atoms with Crippen LogP contribution in [0.3, 0.4) is 0 Å². The van der Waals surface area contributed by atoms with E-state index in [-0.39, 0.29) is 0 Å². The minimum absolute atomic E-state index is 0.431. The van der Waals surface area contributed by atoms with Crippen LogP contribution in [0.1, 0.15) is 6.92 Å². The van der Waals surface area contributed by atoms with E-state index >= 15 is 0 Å². The normalized spacial score (nSPS) is 9.13. The Labute approximate surface area is 88.0 Å². The molecule has 0 bridgehead atoms. The lowest BCUT2D eigenvalue weighted by Crippen LogP contribution is -1.81. The number of ether oxygens (including phenoxy) is 1. The van der Waals surface area contributed by atoms with Gasteiger partial charge in [-0.3, -0.25) is 4.79 Å². The molecule has 0 atom stereocenters. The number of H-pyrrole nitrogens is 1. The molecule has 1 heterocycles. The number of hydrogen-bond acceptors (Lipinski definition) is 3. The van der Waals surface area contributed by atoms with Crippen molar-refractivity contribution in [2.75, 3.05) is 12.3 Å². The molecule has 0 saturated carbocycles. The molecule has 0 radical (unpaired) electrons. The van der Waals surface area contributed by atoms with E-state index in [1.54, 1.807) is 6.92 Å². The highest BCUT2D eigenvalue weighted by atomic mass is 16.5. The van der Waals surface area contributed by atoms with Crippen LogP contribution in [-0.4, -0.2) is 18.1 Å². The van der Waals surface area contributed by atoms with Crippen LogP contribution in [0, 0.1) is 0 Å². The third kappa shape index (κ3) is 3.34. The largest absolute Gasteiger partial charge is 0.468 e. The maximum absolute atomic E-state index is 9.18. The molecule has 15 heavy (non-hydrogen) atoms. The quantitative estimate of drug-likeness (QED) is 0.582. The van der Waals surface area contributed by atoms with E-state index in [1.165, 1.54) is 5.39 Å². The molecule has 0 unspecified atom stereocenters. The number of carbonyl (C=O) groups excluding carboxylic acids is 1. The Balaban J connectivity index is 0.000000195. The zero-order valence-electron chi connectivity index (χ0n) is 8.57. The van der Waals surface area contributed by atoms with Gasteiger partial charge in [-0.25, -0.2) is 0 Å². The lowest BCUT2D eigenvalue weighted by Gasteiger charge is -1.90. The van der Waals surface area contributed by atoms with Gasteiger partial charge in [0.05, 0.1) is 6.61 Å². The fourth-order valence-electron chi connectivity index (χ4n) is 1.14. The molecule has 0 fully saturated rings. The summed E-state index contributed by atoms with van der Waals surface area (Å²) in [6.07, 6.45) is 1.91. The fraction of sp³-hybridized carbons (Fsp3) is 0.182. The topological polar surface area (TPSA) is 68.1 Å². The summed E-state index contributed by atoms with van der Waals surface area (Å²) in [5, 5.41) is 1.17. The molecule has 0 spiro atoms. The van der Waals surface area contributed by atoms with E-state index < -0.39 is 0 Å². The molecule has 1 aromatic carbocycles. The number of hydrogen-bond donors (Lipinski definition) is 2. The molecule has 80 valence electrons. The predicted molar refractivity (Wildman–Crippen MR) is 60.4 cm³/mol. The summed E-state index contributed by atoms with van der Waals surface area (Å²) in [5.41, 5.74) is 7.51. The van der Waals surface area contributed by atoms with Crippen LogP contribution in [0.2, 0.25) is 0 Å². The Hall–Kier alpha value is -1.97. The first kappa shape index (κ1) is 11.1. The number of aromatic amines is 1. The number of anilines is 1. The fourth-order valence-corrected chi connectivity index (χ4v) is 1.14. The standard InChI is InChI=1S/C8H8N2.C3H6O2/c9-7-1-2-8-6(5-7)3-4-10-8;1-2-5-3-4/h1-5,10H,9H2;3H,2H2,1H3. The molecular formula is C11H14N2O2. The van der Waals surface area contributed by atoms with Gasteiger partial charge in [0, 0.05) is 22.8 Å². The molecular weight excluding hydrogens is 192 g/mol. The first-order valence-electron chi connectivity index (χ1n) is 4.65. The van der Waals surface area contributed by atoms with Crippen LogP contribution in [-0.2, 0) is 9.53 Å². The number of fused-ring (bicyclic) bond motifs is 1. The van der Waals surface area contributed by atoms with Crippen LogP contribution in [0.4, 0.5) is 5.69 Å². The van der Waals surface area contributed by atoms with Gasteiger partial charge in [0.1, 0.15) is 0 Å². The van der Waals surface area contributed by atoms with E-state index in [0.717, 1.165) is 11.2 Å². The number of nitrogens with one attached hydrogen (secondary N) is 1. The van der Waals surface area contributed by atoms with Crippen molar-refractivity contribution < 1.29 is 9.53 Å². The van der Waals surface area contributed by atoms with E-state index in [4.69, 9.17) is 5.73 Å². The summed E-state index contributed by atoms with van der Waals surface area (Å²) in [6, 6.07) is 7.82. The second kappa shape index (κ2) is 5.70. The smallest absolute Gasteiger partial charge is 0.293 e. The van der Waals surface area contributed by atoms with Crippen LogP contribution in [0.25, 0.3) is 10.9 Å². The lowest BCUT2D eigenvalue weighted by molar-refractivity contribution is -0.128. The highest BCUT2D eigenvalue weighted by Crippen LogP contribution is 2.14. The van der Waals surface area contributed by atoms with Crippen LogP contribution >= 0.6 is 0 Å². The predicted octanol–water partition coefficient (Wildman–Crippen LogP) is 1.93. The summed E-state index contributed by atoms with van der Waals surface area (Å²) < 4.78 is 4.15. The monoisotopic (exact) mass is 206 g/mol. The average Bonchev–Trinajstić information content (AvgIpc) is 2.67. The maximum Gasteiger partial charge on any atom is 0.293 e. The number of rotatable bonds is 2. The van der Waals surface area contributed by atoms with Crippen LogP contribution < -0.4 is 5.73 Å². The van der Waals surface area contributed by atoms with Crippen molar-refractivity contribution in [1.82, 2.24) is 4.98 Å². The van der Waals surface area contributed by atoms with Gasteiger partial charge < -0.3 is 15.5 Å². The molecule has 4 heteroatoms. The van der Waals surface area contributed by atoms with Gasteiger partial charge in [-0.1, -0.05) is 0 Å². The Morgan fingerprint density at radius 1 is 1.47 bits per heavy atom. The highest BCUT2D eigenvalue weighted by molar-refractivity contribution is 5.82. The van der Waals surface area contributed by atoms with Crippen molar-refractivity contribution >= 4 is 23.1 Å². The first-order chi connectivity index (χ1) is 7.27. The van der Waals surface area contributed by atoms with E-state index in [1.807, 2.05) is 30.5 Å². The second-order valence-corrected chi connectivity index (χ2v) is 2.88. The molecule has 2 aromatic rings. The van der Waals surface area contributed by atoms with Crippen molar-refractivity contribution in [2.45, 2.75) is 6.92 Å². The number of carbonyl (C=O) groups is 1. The van der Waals surface area contributed by atoms with Gasteiger partial charge in [0.15, 0.2) is 0 Å². The summed E-state index contributed by atoms with van der Waals surface area (Å²) >= 11 is 0. The third-order valence-corrected chi connectivity index (χ3v) is 1.81. The molecule has 0 amide bonds. The molecule has 0 aliphatic rings. The SMILES string of the molecule is CCOC=O.Nc1ccc2[nH]ccc2c1. The molecule has 4 nitrogen and oxygen atoms in total. The van der Waals surface area contributed by atoms with Crippen molar-refractivity contribution in [3.8, 4) is 0 Å². The Kier molecular flexibility index (Phi) is 4.22. The van der Waals surface area contributed by atoms with Gasteiger partial charge in [-0.15, -0.1) is 0 Å². The van der Waals surface area contributed by atoms with Gasteiger partial charge in [-0.2, -0.15) is 0 Å². The molecule has 0 aliphatic carbocycles. The molecule has 3 N–H and O–H groups in total. The van der Waals surface area contributed by atoms with Crippen molar-refractivity contribution in [1.29, 1.82) is 0 Å². The number of benzene rings is 1. The van der Waals surface area contributed by atoms with Gasteiger partial charge in [-0.05, 0) is 31.2 Å². The third-order valence-electron chi connectivity index (χ3n) is 1.81. The van der Waals surface area contributed by atoms with Crippen molar-refractivity contribution in [3.05, 3.63) is 30.5 Å². The van der Waals surface area contributed by atoms with Crippen molar-refractivity contribution in [2.24, 2.45) is 0 Å². The van der Waals surface area contributed by atoms with E-state index in [2.05, 4.69) is 9.72 Å². The highest BCUT2D eigenvalue weighted by Gasteiger charge is 1.91. The summed E-state index contributed by atoms with van der Waals surface area (Å²) in [6.45, 7) is 2.66. The zero-order chi connectivity index (χ0) is 11.1. The minimum atomic E-state index is 0.431. The second-order valence-electron chi connectivity index (χ2n) is 2.88. The summed E-state index contributed by atoms with van der Waals surface area (Å²) in [4.78, 5) is 12.3. The number of nitrogen functional groups attached to an aromatic ring is 1. The Bertz CT molecular complexity index is 423. The van der Waals surface area contributed by atoms with Gasteiger partial charge in [0.2, 0.25) is 0 Å². The van der Waals surface area contributed by atoms with E-state index in [0.29, 0.717) is 13.1 Å². The zero-order valence-corrected chi connectivity index (χ0v) is 8.57. The van der Waals surface area contributed by atoms with Crippen LogP contribution in [0.15, 0.2) is 30.5 Å². The van der Waals surface area contributed by atoms with Crippen LogP contribution in [0.5, 0.6) is 0 Å². The number of aromatic nitrogens is 1. The molecule has 1 aromatic heterocycles. The summed E-state index contributed by atoms with van der Waals surface area (Å²) in [7, 11) is 0. The Morgan fingerprint density at radius 3 is 2.87 bits per heavy atom. The first-order valence-corrected chi connectivity index (χ1v) is 4.65. The maximum atomic E-state index is 9.18. The Morgan fingerprint density at radius 2 is 2.27 bits per heavy atom. The molecule has 0 aliphatic heterocycles. The average molecular weight is 206 g/mol. The number of nitrogens with two attached hydrogens (primary N) is 1. The lowest BCUT2D eigenvalue weighted by atomic mass is 10.2. The minimum Gasteiger partial charge on any atom is -0.468 e.